The molecule has 0 unspecified atom stereocenters. The Morgan fingerprint density at radius 1 is 1.21 bits per heavy atom. The van der Waals surface area contributed by atoms with Crippen LogP contribution in [0.1, 0.15) is 33.6 Å². The number of halogens is 3. The van der Waals surface area contributed by atoms with Gasteiger partial charge in [0.05, 0.1) is 5.69 Å². The van der Waals surface area contributed by atoms with Crippen LogP contribution in [0.25, 0.3) is 0 Å². The van der Waals surface area contributed by atoms with E-state index in [1.54, 1.807) is 13.8 Å². The molecule has 1 fully saturated rings. The second kappa shape index (κ2) is 8.50. The quantitative estimate of drug-likeness (QED) is 0.403. The average Bonchev–Trinajstić information content (AvgIpc) is 2.83. The van der Waals surface area contributed by atoms with Gasteiger partial charge in [-0.15, -0.1) is 0 Å². The van der Waals surface area contributed by atoms with E-state index in [9.17, 15) is 32.3 Å². The summed E-state index contributed by atoms with van der Waals surface area (Å²) in [5.74, 6) is -6.88. The number of rotatable bonds is 7. The summed E-state index contributed by atoms with van der Waals surface area (Å²) in [5, 5.41) is 4.50. The zero-order valence-electron chi connectivity index (χ0n) is 16.0. The van der Waals surface area contributed by atoms with Crippen LogP contribution in [0, 0.1) is 17.5 Å². The molecule has 0 radical (unpaired) electrons. The Kier molecular flexibility index (Phi) is 6.50. The summed E-state index contributed by atoms with van der Waals surface area (Å²) >= 11 is 0. The number of nitrogens with one attached hydrogen (secondary N) is 2. The maximum absolute atomic E-state index is 13.6. The van der Waals surface area contributed by atoms with E-state index in [-0.39, 0.29) is 19.4 Å². The molecule has 0 spiro atoms. The number of anilines is 1. The van der Waals surface area contributed by atoms with Crippen molar-refractivity contribution in [3.63, 3.8) is 0 Å². The largest absolute Gasteiger partial charge is 0.453 e. The minimum absolute atomic E-state index is 0.0101. The molecule has 1 aromatic rings. The van der Waals surface area contributed by atoms with Crippen LogP contribution in [0.15, 0.2) is 12.1 Å². The normalized spacial score (nSPS) is 16.4. The Balaban J connectivity index is 1.82. The number of carbonyl (C=O) groups excluding carboxylic acids is 4. The third kappa shape index (κ3) is 5.04. The molecule has 0 saturated carbocycles. The van der Waals surface area contributed by atoms with E-state index < -0.39 is 58.6 Å². The van der Waals surface area contributed by atoms with Gasteiger partial charge in [-0.3, -0.25) is 19.3 Å². The molecule has 2 N–H and O–H groups in total. The lowest BCUT2D eigenvalue weighted by Gasteiger charge is -2.16. The van der Waals surface area contributed by atoms with Gasteiger partial charge in [-0.2, -0.15) is 0 Å². The summed E-state index contributed by atoms with van der Waals surface area (Å²) in [6.45, 7) is 4.31. The molecule has 29 heavy (non-hydrogen) atoms. The van der Waals surface area contributed by atoms with Crippen molar-refractivity contribution in [2.75, 3.05) is 11.9 Å². The molecular weight excluding hydrogens is 395 g/mol. The van der Waals surface area contributed by atoms with Crippen LogP contribution in [-0.4, -0.2) is 46.9 Å². The second-order valence-electron chi connectivity index (χ2n) is 6.96. The number of hydrogen-bond acceptors (Lipinski definition) is 5. The first-order chi connectivity index (χ1) is 13.4. The molecule has 0 aliphatic carbocycles. The highest BCUT2D eigenvalue weighted by molar-refractivity contribution is 6.06. The van der Waals surface area contributed by atoms with Gasteiger partial charge in [0.2, 0.25) is 0 Å². The topological polar surface area (TPSA) is 105 Å². The van der Waals surface area contributed by atoms with Crippen LogP contribution in [-0.2, 0) is 19.1 Å². The molecule has 1 atom stereocenters. The lowest BCUT2D eigenvalue weighted by Crippen LogP contribution is -2.40. The summed E-state index contributed by atoms with van der Waals surface area (Å²) in [6.07, 6.45) is -1.42. The highest BCUT2D eigenvalue weighted by atomic mass is 19.2. The Bertz CT molecular complexity index is 859. The van der Waals surface area contributed by atoms with Crippen molar-refractivity contribution in [3.05, 3.63) is 29.6 Å². The lowest BCUT2D eigenvalue weighted by atomic mass is 10.1. The molecule has 1 aliphatic rings. The molecule has 0 bridgehead atoms. The summed E-state index contributed by atoms with van der Waals surface area (Å²) in [7, 11) is 0. The number of ether oxygens (including phenoxy) is 1. The molecule has 1 aromatic carbocycles. The minimum Gasteiger partial charge on any atom is -0.453 e. The van der Waals surface area contributed by atoms with E-state index in [0.29, 0.717) is 6.07 Å². The van der Waals surface area contributed by atoms with Crippen molar-refractivity contribution < 1.29 is 37.1 Å². The maximum atomic E-state index is 13.6. The smallest absolute Gasteiger partial charge is 0.325 e. The molecular formula is C18H20F3N3O5. The Morgan fingerprint density at radius 3 is 2.45 bits per heavy atom. The zero-order valence-corrected chi connectivity index (χ0v) is 16.0. The van der Waals surface area contributed by atoms with Crippen molar-refractivity contribution in [2.45, 2.75) is 45.3 Å². The van der Waals surface area contributed by atoms with E-state index in [4.69, 9.17) is 4.74 Å². The molecule has 11 heteroatoms. The number of carbonyl (C=O) groups is 4. The predicted molar refractivity (Wildman–Crippen MR) is 94.1 cm³/mol. The molecule has 0 aromatic heterocycles. The Morgan fingerprint density at radius 2 is 1.86 bits per heavy atom. The maximum Gasteiger partial charge on any atom is 0.325 e. The predicted octanol–water partition coefficient (Wildman–Crippen LogP) is 2.08. The lowest BCUT2D eigenvalue weighted by molar-refractivity contribution is -0.153. The number of imide groups is 1. The van der Waals surface area contributed by atoms with Crippen molar-refractivity contribution in [1.29, 1.82) is 0 Å². The first-order valence-electron chi connectivity index (χ1n) is 8.72. The molecule has 1 saturated heterocycles. The van der Waals surface area contributed by atoms with Crippen LogP contribution in [0.4, 0.5) is 23.7 Å². The fourth-order valence-corrected chi connectivity index (χ4v) is 2.57. The number of urea groups is 1. The number of amides is 4. The van der Waals surface area contributed by atoms with Crippen LogP contribution in [0.3, 0.4) is 0 Å². The van der Waals surface area contributed by atoms with Gasteiger partial charge in [0, 0.05) is 13.0 Å². The Hall–Kier alpha value is -3.11. The molecule has 2 rings (SSSR count). The number of esters is 1. The van der Waals surface area contributed by atoms with E-state index >= 15 is 0 Å². The van der Waals surface area contributed by atoms with Gasteiger partial charge in [-0.05, 0) is 39.3 Å². The van der Waals surface area contributed by atoms with E-state index in [0.717, 1.165) is 11.0 Å². The van der Waals surface area contributed by atoms with Gasteiger partial charge in [0.25, 0.3) is 11.8 Å². The monoisotopic (exact) mass is 415 g/mol. The fraction of sp³-hybridized carbons (Fsp3) is 0.444. The fourth-order valence-electron chi connectivity index (χ4n) is 2.57. The summed E-state index contributed by atoms with van der Waals surface area (Å²) in [5.41, 5.74) is -1.61. The molecule has 8 nitrogen and oxygen atoms in total. The third-order valence-electron chi connectivity index (χ3n) is 4.18. The van der Waals surface area contributed by atoms with Crippen molar-refractivity contribution >= 4 is 29.5 Å². The van der Waals surface area contributed by atoms with Crippen molar-refractivity contribution in [1.82, 2.24) is 10.2 Å². The van der Waals surface area contributed by atoms with E-state index in [1.165, 1.54) is 6.92 Å². The van der Waals surface area contributed by atoms with Crippen LogP contribution in [0.5, 0.6) is 0 Å². The second-order valence-corrected chi connectivity index (χ2v) is 6.96. The third-order valence-corrected chi connectivity index (χ3v) is 4.18. The first kappa shape index (κ1) is 22.2. The Labute approximate surface area is 164 Å². The van der Waals surface area contributed by atoms with Crippen LogP contribution < -0.4 is 10.6 Å². The van der Waals surface area contributed by atoms with Gasteiger partial charge >= 0.3 is 12.0 Å². The summed E-state index contributed by atoms with van der Waals surface area (Å²) < 4.78 is 44.6. The molecule has 158 valence electrons. The molecule has 4 amide bonds. The average molecular weight is 415 g/mol. The SMILES string of the molecule is C[C@H](OC(=O)CCCN1C(=O)NC(C)(C)C1=O)C(=O)Nc1ccc(F)c(F)c1F. The molecule has 1 heterocycles. The van der Waals surface area contributed by atoms with E-state index in [1.807, 2.05) is 5.32 Å². The van der Waals surface area contributed by atoms with E-state index in [2.05, 4.69) is 5.32 Å². The molecule has 1 aliphatic heterocycles. The number of nitrogens with zero attached hydrogens (tertiary/aromatic N) is 1. The number of benzene rings is 1. The zero-order chi connectivity index (χ0) is 21.9. The van der Waals surface area contributed by atoms with Crippen LogP contribution in [0.2, 0.25) is 0 Å². The van der Waals surface area contributed by atoms with Gasteiger partial charge in [0.1, 0.15) is 5.54 Å². The minimum atomic E-state index is -1.74. The summed E-state index contributed by atoms with van der Waals surface area (Å²) in [4.78, 5) is 48.5. The number of hydrogen-bond donors (Lipinski definition) is 2. The van der Waals surface area contributed by atoms with Crippen molar-refractivity contribution in [2.24, 2.45) is 0 Å². The standard InChI is InChI=1S/C18H20F3N3O5/c1-9(15(26)22-11-7-6-10(19)13(20)14(11)21)29-12(25)5-4-8-24-16(27)18(2,3)23-17(24)28/h6-7,9H,4-5,8H2,1-3H3,(H,22,26)(H,23,28)/t9-/m0/s1. The van der Waals surface area contributed by atoms with Crippen molar-refractivity contribution in [3.8, 4) is 0 Å². The van der Waals surface area contributed by atoms with Crippen LogP contribution >= 0.6 is 0 Å². The van der Waals surface area contributed by atoms with Gasteiger partial charge in [-0.25, -0.2) is 18.0 Å². The van der Waals surface area contributed by atoms with Gasteiger partial charge in [-0.1, -0.05) is 0 Å². The highest BCUT2D eigenvalue weighted by Crippen LogP contribution is 2.20. The highest BCUT2D eigenvalue weighted by Gasteiger charge is 2.43. The van der Waals surface area contributed by atoms with Gasteiger partial charge < -0.3 is 15.4 Å². The summed E-state index contributed by atoms with van der Waals surface area (Å²) in [6, 6.07) is 0.913. The first-order valence-corrected chi connectivity index (χ1v) is 8.72. The van der Waals surface area contributed by atoms with Gasteiger partial charge in [0.15, 0.2) is 23.6 Å².